The zero-order chi connectivity index (χ0) is 20.4. The molecule has 2 atom stereocenters. The number of benzene rings is 1. The van der Waals surface area contributed by atoms with E-state index in [1.807, 2.05) is 36.7 Å². The van der Waals surface area contributed by atoms with E-state index in [-0.39, 0.29) is 11.9 Å². The molecule has 3 aliphatic heterocycles. The first-order valence-corrected chi connectivity index (χ1v) is 10.8. The highest BCUT2D eigenvalue weighted by molar-refractivity contribution is 6.05. The molecule has 4 heterocycles. The lowest BCUT2D eigenvalue weighted by atomic mass is 9.84. The molecular formula is C21H32N6O2. The van der Waals surface area contributed by atoms with Gasteiger partial charge in [-0.15, -0.1) is 0 Å². The van der Waals surface area contributed by atoms with Gasteiger partial charge in [-0.05, 0) is 69.9 Å². The van der Waals surface area contributed by atoms with E-state index in [1.54, 1.807) is 0 Å². The summed E-state index contributed by atoms with van der Waals surface area (Å²) in [5.41, 5.74) is 2.15. The highest BCUT2D eigenvalue weighted by Gasteiger charge is 2.35. The first-order chi connectivity index (χ1) is 14.1. The van der Waals surface area contributed by atoms with Crippen molar-refractivity contribution in [2.45, 2.75) is 52.0 Å². The summed E-state index contributed by atoms with van der Waals surface area (Å²) in [6.07, 6.45) is 2.46. The van der Waals surface area contributed by atoms with Crippen molar-refractivity contribution < 1.29 is 9.90 Å². The third-order valence-corrected chi connectivity index (χ3v) is 6.13. The number of carbonyl (C=O) groups excluding carboxylic acids is 1. The lowest BCUT2D eigenvalue weighted by Crippen LogP contribution is -2.57. The highest BCUT2D eigenvalue weighted by atomic mass is 16.3. The predicted octanol–water partition coefficient (Wildman–Crippen LogP) is 1.57. The number of hydrogen-bond acceptors (Lipinski definition) is 6. The number of aromatic nitrogens is 2. The number of rotatable bonds is 8. The predicted molar refractivity (Wildman–Crippen MR) is 114 cm³/mol. The lowest BCUT2D eigenvalue weighted by molar-refractivity contribution is 0.0618. The standard InChI is InChI=1S/C21H32N6O2/c1-3-9-22-21(29)23-15-5-6-16-18(12-15)27(4-2)25-19(16)20(28)24-17-13-26-10-7-14(17)8-11-26/h5-6,12,14,17,21-23,29H,3-4,7-11,13H2,1-2H3,(H,24,28)/t17-,21?/m1/s1. The number of aryl methyl sites for hydroxylation is 1. The van der Waals surface area contributed by atoms with E-state index in [0.717, 1.165) is 49.2 Å². The lowest BCUT2D eigenvalue weighted by Gasteiger charge is -2.44. The van der Waals surface area contributed by atoms with Crippen molar-refractivity contribution in [1.29, 1.82) is 0 Å². The zero-order valence-corrected chi connectivity index (χ0v) is 17.3. The second-order valence-corrected chi connectivity index (χ2v) is 8.12. The van der Waals surface area contributed by atoms with Crippen LogP contribution in [0.3, 0.4) is 0 Å². The van der Waals surface area contributed by atoms with E-state index in [0.29, 0.717) is 18.2 Å². The van der Waals surface area contributed by atoms with Crippen LogP contribution in [0.25, 0.3) is 10.9 Å². The average molecular weight is 401 g/mol. The van der Waals surface area contributed by atoms with Gasteiger partial charge in [0.1, 0.15) is 0 Å². The minimum atomic E-state index is -0.815. The molecule has 8 heteroatoms. The fourth-order valence-electron chi connectivity index (χ4n) is 4.53. The number of aliphatic hydroxyl groups excluding tert-OH is 1. The van der Waals surface area contributed by atoms with Crippen LogP contribution in [-0.2, 0) is 6.54 Å². The second kappa shape index (κ2) is 8.69. The van der Waals surface area contributed by atoms with Crippen molar-refractivity contribution in [2.75, 3.05) is 31.5 Å². The summed E-state index contributed by atoms with van der Waals surface area (Å²) in [5.74, 6) is 0.489. The molecule has 0 spiro atoms. The van der Waals surface area contributed by atoms with Gasteiger partial charge < -0.3 is 20.6 Å². The minimum Gasteiger partial charge on any atom is -0.361 e. The molecule has 158 valence electrons. The molecule has 0 saturated carbocycles. The summed E-state index contributed by atoms with van der Waals surface area (Å²) in [6.45, 7) is 8.71. The van der Waals surface area contributed by atoms with Crippen molar-refractivity contribution in [3.05, 3.63) is 23.9 Å². The number of piperidine rings is 3. The molecule has 2 bridgehead atoms. The number of anilines is 1. The molecule has 1 aromatic heterocycles. The van der Waals surface area contributed by atoms with Gasteiger partial charge >= 0.3 is 0 Å². The maximum atomic E-state index is 13.0. The topological polar surface area (TPSA) is 94.4 Å². The van der Waals surface area contributed by atoms with Crippen LogP contribution in [0, 0.1) is 5.92 Å². The summed E-state index contributed by atoms with van der Waals surface area (Å²) in [7, 11) is 0. The van der Waals surface area contributed by atoms with Gasteiger partial charge in [-0.2, -0.15) is 5.10 Å². The molecule has 0 aliphatic carbocycles. The molecule has 1 unspecified atom stereocenters. The first-order valence-electron chi connectivity index (χ1n) is 10.8. The number of carbonyl (C=O) groups is 1. The molecular weight excluding hydrogens is 368 g/mol. The molecule has 0 radical (unpaired) electrons. The second-order valence-electron chi connectivity index (χ2n) is 8.12. The van der Waals surface area contributed by atoms with Gasteiger partial charge in [0.25, 0.3) is 5.91 Å². The Labute approximate surface area is 171 Å². The molecule has 1 aromatic carbocycles. The molecule has 5 rings (SSSR count). The Kier molecular flexibility index (Phi) is 6.03. The molecule has 4 N–H and O–H groups in total. The van der Waals surface area contributed by atoms with Crippen molar-refractivity contribution in [3.8, 4) is 0 Å². The highest BCUT2D eigenvalue weighted by Crippen LogP contribution is 2.28. The number of nitrogens with one attached hydrogen (secondary N) is 3. The summed E-state index contributed by atoms with van der Waals surface area (Å²) >= 11 is 0. The number of fused-ring (bicyclic) bond motifs is 4. The summed E-state index contributed by atoms with van der Waals surface area (Å²) in [4.78, 5) is 15.5. The smallest absolute Gasteiger partial charge is 0.272 e. The van der Waals surface area contributed by atoms with E-state index < -0.39 is 6.35 Å². The minimum absolute atomic E-state index is 0.0914. The Balaban J connectivity index is 1.53. The normalized spacial score (nSPS) is 24.6. The van der Waals surface area contributed by atoms with E-state index in [9.17, 15) is 9.90 Å². The molecule has 1 amide bonds. The molecule has 3 saturated heterocycles. The van der Waals surface area contributed by atoms with Gasteiger partial charge in [0.15, 0.2) is 12.0 Å². The Bertz CT molecular complexity index is 858. The van der Waals surface area contributed by atoms with Crippen LogP contribution in [0.15, 0.2) is 18.2 Å². The molecule has 3 fully saturated rings. The van der Waals surface area contributed by atoms with Gasteiger partial charge in [-0.25, -0.2) is 0 Å². The third-order valence-electron chi connectivity index (χ3n) is 6.13. The van der Waals surface area contributed by atoms with Crippen molar-refractivity contribution >= 4 is 22.5 Å². The summed E-state index contributed by atoms with van der Waals surface area (Å²) in [5, 5.41) is 24.8. The van der Waals surface area contributed by atoms with Crippen molar-refractivity contribution in [1.82, 2.24) is 25.3 Å². The van der Waals surface area contributed by atoms with Gasteiger partial charge in [-0.3, -0.25) is 14.8 Å². The van der Waals surface area contributed by atoms with Crippen LogP contribution < -0.4 is 16.0 Å². The first kappa shape index (κ1) is 20.1. The van der Waals surface area contributed by atoms with Crippen molar-refractivity contribution in [3.63, 3.8) is 0 Å². The van der Waals surface area contributed by atoms with E-state index in [1.165, 1.54) is 12.8 Å². The molecule has 8 nitrogen and oxygen atoms in total. The molecule has 3 aliphatic rings. The largest absolute Gasteiger partial charge is 0.361 e. The maximum Gasteiger partial charge on any atom is 0.272 e. The van der Waals surface area contributed by atoms with Crippen LogP contribution in [0.1, 0.15) is 43.6 Å². The van der Waals surface area contributed by atoms with Gasteiger partial charge in [0.05, 0.1) is 5.52 Å². The van der Waals surface area contributed by atoms with Crippen LogP contribution in [-0.4, -0.2) is 64.3 Å². The van der Waals surface area contributed by atoms with E-state index >= 15 is 0 Å². The third kappa shape index (κ3) is 4.24. The Morgan fingerprint density at radius 2 is 2.10 bits per heavy atom. The quantitative estimate of drug-likeness (QED) is 0.503. The van der Waals surface area contributed by atoms with Crippen LogP contribution in [0.2, 0.25) is 0 Å². The van der Waals surface area contributed by atoms with E-state index in [2.05, 4.69) is 25.9 Å². The monoisotopic (exact) mass is 400 g/mol. The summed E-state index contributed by atoms with van der Waals surface area (Å²) < 4.78 is 1.85. The average Bonchev–Trinajstić information content (AvgIpc) is 3.11. The Morgan fingerprint density at radius 1 is 1.31 bits per heavy atom. The Hall–Kier alpha value is -2.16. The molecule has 29 heavy (non-hydrogen) atoms. The zero-order valence-electron chi connectivity index (χ0n) is 17.3. The SMILES string of the molecule is CCCNC(O)Nc1ccc2c(C(=O)N[C@@H]3CN4CCC3CC4)nn(CC)c2c1. The number of amides is 1. The Morgan fingerprint density at radius 3 is 2.76 bits per heavy atom. The fraction of sp³-hybridized carbons (Fsp3) is 0.619. The summed E-state index contributed by atoms with van der Waals surface area (Å²) in [6, 6.07) is 5.95. The maximum absolute atomic E-state index is 13.0. The van der Waals surface area contributed by atoms with E-state index in [4.69, 9.17) is 0 Å². The van der Waals surface area contributed by atoms with Crippen LogP contribution >= 0.6 is 0 Å². The molecule has 2 aromatic rings. The number of aliphatic hydroxyl groups is 1. The number of nitrogens with zero attached hydrogens (tertiary/aromatic N) is 3. The van der Waals surface area contributed by atoms with Gasteiger partial charge in [0, 0.05) is 30.2 Å². The van der Waals surface area contributed by atoms with Gasteiger partial charge in [-0.1, -0.05) is 6.92 Å². The van der Waals surface area contributed by atoms with Crippen LogP contribution in [0.5, 0.6) is 0 Å². The fourth-order valence-corrected chi connectivity index (χ4v) is 4.53. The van der Waals surface area contributed by atoms with Crippen LogP contribution in [0.4, 0.5) is 5.69 Å². The van der Waals surface area contributed by atoms with Gasteiger partial charge in [0.2, 0.25) is 0 Å². The van der Waals surface area contributed by atoms with Crippen molar-refractivity contribution in [2.24, 2.45) is 5.92 Å². The number of hydrogen-bond donors (Lipinski definition) is 4.